The number of halogens is 4. The predicted molar refractivity (Wildman–Crippen MR) is 66.8 cm³/mol. The second kappa shape index (κ2) is 6.27. The standard InChI is InChI=1S/C14H11F4NO/c15-11-6-5-10(7-12(11)16)19-8-9-3-1-2-4-13(9)20-14(17)18/h1-7,14,19H,8H2. The number of anilines is 1. The fraction of sp³-hybridized carbons (Fsp3) is 0.143. The van der Waals surface area contributed by atoms with E-state index in [4.69, 9.17) is 0 Å². The largest absolute Gasteiger partial charge is 0.434 e. The summed E-state index contributed by atoms with van der Waals surface area (Å²) in [5, 5.41) is 2.81. The summed E-state index contributed by atoms with van der Waals surface area (Å²) in [6.45, 7) is -2.77. The van der Waals surface area contributed by atoms with Gasteiger partial charge in [-0.25, -0.2) is 8.78 Å². The van der Waals surface area contributed by atoms with Crippen LogP contribution in [0.2, 0.25) is 0 Å². The quantitative estimate of drug-likeness (QED) is 0.832. The lowest BCUT2D eigenvalue weighted by Crippen LogP contribution is -2.07. The van der Waals surface area contributed by atoms with Crippen LogP contribution in [0.3, 0.4) is 0 Å². The zero-order chi connectivity index (χ0) is 14.5. The number of alkyl halides is 2. The molecule has 0 heterocycles. The van der Waals surface area contributed by atoms with Crippen molar-refractivity contribution in [3.8, 4) is 5.75 Å². The molecule has 6 heteroatoms. The number of hydrogen-bond acceptors (Lipinski definition) is 2. The number of para-hydroxylation sites is 1. The van der Waals surface area contributed by atoms with Crippen LogP contribution in [0.15, 0.2) is 42.5 Å². The van der Waals surface area contributed by atoms with Gasteiger partial charge in [-0.2, -0.15) is 8.78 Å². The van der Waals surface area contributed by atoms with Gasteiger partial charge in [0.2, 0.25) is 0 Å². The monoisotopic (exact) mass is 285 g/mol. The van der Waals surface area contributed by atoms with Crippen LogP contribution < -0.4 is 10.1 Å². The highest BCUT2D eigenvalue weighted by molar-refractivity contribution is 5.45. The minimum absolute atomic E-state index is 0.0394. The van der Waals surface area contributed by atoms with Crippen molar-refractivity contribution in [3.05, 3.63) is 59.7 Å². The van der Waals surface area contributed by atoms with Gasteiger partial charge in [-0.15, -0.1) is 0 Å². The van der Waals surface area contributed by atoms with Gasteiger partial charge >= 0.3 is 6.61 Å². The summed E-state index contributed by atoms with van der Waals surface area (Å²) in [5.41, 5.74) is 0.827. The molecule has 0 bridgehead atoms. The normalized spacial score (nSPS) is 10.7. The van der Waals surface area contributed by atoms with Crippen molar-refractivity contribution in [3.63, 3.8) is 0 Å². The topological polar surface area (TPSA) is 21.3 Å². The molecule has 0 amide bonds. The Bertz CT molecular complexity index is 589. The Kier molecular flexibility index (Phi) is 4.45. The molecule has 1 N–H and O–H groups in total. The van der Waals surface area contributed by atoms with Crippen LogP contribution in [-0.4, -0.2) is 6.61 Å². The molecular weight excluding hydrogens is 274 g/mol. The molecule has 0 radical (unpaired) electrons. The van der Waals surface area contributed by atoms with E-state index in [0.29, 0.717) is 11.3 Å². The molecule has 2 rings (SSSR count). The SMILES string of the molecule is Fc1ccc(NCc2ccccc2OC(F)F)cc1F. The first-order chi connectivity index (χ1) is 9.56. The van der Waals surface area contributed by atoms with E-state index in [-0.39, 0.29) is 12.3 Å². The third-order valence-corrected chi connectivity index (χ3v) is 2.59. The number of ether oxygens (including phenoxy) is 1. The summed E-state index contributed by atoms with van der Waals surface area (Å²) in [6, 6.07) is 9.58. The highest BCUT2D eigenvalue weighted by Crippen LogP contribution is 2.22. The first-order valence-electron chi connectivity index (χ1n) is 5.78. The Morgan fingerprint density at radius 2 is 1.75 bits per heavy atom. The number of hydrogen-bond donors (Lipinski definition) is 1. The van der Waals surface area contributed by atoms with E-state index in [0.717, 1.165) is 12.1 Å². The van der Waals surface area contributed by atoms with E-state index in [2.05, 4.69) is 10.1 Å². The molecular formula is C14H11F4NO. The first-order valence-corrected chi connectivity index (χ1v) is 5.78. The molecule has 106 valence electrons. The van der Waals surface area contributed by atoms with Crippen molar-refractivity contribution in [2.45, 2.75) is 13.2 Å². The fourth-order valence-corrected chi connectivity index (χ4v) is 1.66. The smallest absolute Gasteiger partial charge is 0.387 e. The molecule has 0 saturated heterocycles. The van der Waals surface area contributed by atoms with Gasteiger partial charge in [-0.1, -0.05) is 18.2 Å². The van der Waals surface area contributed by atoms with Crippen LogP contribution in [0, 0.1) is 11.6 Å². The van der Waals surface area contributed by atoms with Crippen molar-refractivity contribution in [1.29, 1.82) is 0 Å². The van der Waals surface area contributed by atoms with Crippen LogP contribution in [0.1, 0.15) is 5.56 Å². The van der Waals surface area contributed by atoms with Crippen LogP contribution in [0.25, 0.3) is 0 Å². The molecule has 0 unspecified atom stereocenters. The molecule has 2 aromatic rings. The van der Waals surface area contributed by atoms with Gasteiger partial charge in [0.25, 0.3) is 0 Å². The molecule has 20 heavy (non-hydrogen) atoms. The van der Waals surface area contributed by atoms with Crippen molar-refractivity contribution in [2.75, 3.05) is 5.32 Å². The molecule has 2 aromatic carbocycles. The highest BCUT2D eigenvalue weighted by Gasteiger charge is 2.09. The van der Waals surface area contributed by atoms with E-state index in [1.807, 2.05) is 0 Å². The maximum atomic E-state index is 13.0. The Hall–Kier alpha value is -2.24. The van der Waals surface area contributed by atoms with Gasteiger partial charge in [-0.3, -0.25) is 0 Å². The van der Waals surface area contributed by atoms with E-state index in [1.165, 1.54) is 12.1 Å². The Morgan fingerprint density at radius 3 is 2.45 bits per heavy atom. The zero-order valence-corrected chi connectivity index (χ0v) is 10.2. The minimum atomic E-state index is -2.92. The van der Waals surface area contributed by atoms with Crippen LogP contribution >= 0.6 is 0 Å². The van der Waals surface area contributed by atoms with Crippen molar-refractivity contribution >= 4 is 5.69 Å². The predicted octanol–water partition coefficient (Wildman–Crippen LogP) is 4.18. The average Bonchev–Trinajstić information content (AvgIpc) is 2.41. The second-order valence-electron chi connectivity index (χ2n) is 3.97. The Morgan fingerprint density at radius 1 is 1.00 bits per heavy atom. The molecule has 0 aliphatic rings. The van der Waals surface area contributed by atoms with Gasteiger partial charge in [0, 0.05) is 23.9 Å². The maximum absolute atomic E-state index is 13.0. The summed E-state index contributed by atoms with van der Waals surface area (Å²) in [4.78, 5) is 0. The summed E-state index contributed by atoms with van der Waals surface area (Å²) < 4.78 is 54.6. The van der Waals surface area contributed by atoms with E-state index < -0.39 is 18.2 Å². The van der Waals surface area contributed by atoms with Gasteiger partial charge < -0.3 is 10.1 Å². The van der Waals surface area contributed by atoms with Crippen LogP contribution in [0.5, 0.6) is 5.75 Å². The Balaban J connectivity index is 2.08. The number of rotatable bonds is 5. The van der Waals surface area contributed by atoms with Crippen molar-refractivity contribution in [1.82, 2.24) is 0 Å². The third kappa shape index (κ3) is 3.63. The summed E-state index contributed by atoms with van der Waals surface area (Å²) in [6.07, 6.45) is 0. The lowest BCUT2D eigenvalue weighted by atomic mass is 10.2. The molecule has 0 spiro atoms. The summed E-state index contributed by atoms with van der Waals surface area (Å²) in [7, 11) is 0. The Labute approximate surface area is 113 Å². The van der Waals surface area contributed by atoms with Gasteiger partial charge in [0.05, 0.1) is 0 Å². The maximum Gasteiger partial charge on any atom is 0.387 e. The van der Waals surface area contributed by atoms with Crippen LogP contribution in [-0.2, 0) is 6.54 Å². The average molecular weight is 285 g/mol. The lowest BCUT2D eigenvalue weighted by Gasteiger charge is -2.12. The van der Waals surface area contributed by atoms with Crippen LogP contribution in [0.4, 0.5) is 23.2 Å². The van der Waals surface area contributed by atoms with Crippen molar-refractivity contribution < 1.29 is 22.3 Å². The van der Waals surface area contributed by atoms with Gasteiger partial charge in [0.1, 0.15) is 5.75 Å². The number of benzene rings is 2. The summed E-state index contributed by atoms with van der Waals surface area (Å²) >= 11 is 0. The molecule has 0 atom stereocenters. The zero-order valence-electron chi connectivity index (χ0n) is 10.2. The summed E-state index contributed by atoms with van der Waals surface area (Å²) in [5.74, 6) is -1.89. The molecule has 0 fully saturated rings. The highest BCUT2D eigenvalue weighted by atomic mass is 19.3. The molecule has 0 saturated carbocycles. The molecule has 2 nitrogen and oxygen atoms in total. The molecule has 0 aliphatic heterocycles. The van der Waals surface area contributed by atoms with Crippen molar-refractivity contribution in [2.24, 2.45) is 0 Å². The molecule has 0 aromatic heterocycles. The lowest BCUT2D eigenvalue weighted by molar-refractivity contribution is -0.0504. The van der Waals surface area contributed by atoms with E-state index in [1.54, 1.807) is 18.2 Å². The molecule has 0 aliphatic carbocycles. The second-order valence-corrected chi connectivity index (χ2v) is 3.97. The fourth-order valence-electron chi connectivity index (χ4n) is 1.66. The first kappa shape index (κ1) is 14.2. The third-order valence-electron chi connectivity index (χ3n) is 2.59. The van der Waals surface area contributed by atoms with Gasteiger partial charge in [0.15, 0.2) is 11.6 Å². The van der Waals surface area contributed by atoms with E-state index in [9.17, 15) is 17.6 Å². The van der Waals surface area contributed by atoms with E-state index >= 15 is 0 Å². The number of nitrogens with one attached hydrogen (secondary N) is 1. The van der Waals surface area contributed by atoms with Gasteiger partial charge in [-0.05, 0) is 18.2 Å². The minimum Gasteiger partial charge on any atom is -0.434 e.